The molecule has 3 heteroatoms. The lowest BCUT2D eigenvalue weighted by molar-refractivity contribution is 0.413. The molecule has 106 valence electrons. The Morgan fingerprint density at radius 3 is 2.71 bits per heavy atom. The third-order valence-electron chi connectivity index (χ3n) is 4.43. The Bertz CT molecular complexity index is 780. The first-order chi connectivity index (χ1) is 10.4. The fourth-order valence-corrected chi connectivity index (χ4v) is 3.39. The van der Waals surface area contributed by atoms with Gasteiger partial charge in [-0.15, -0.1) is 0 Å². The fraction of sp³-hybridized carbons (Fsp3) is 0.278. The van der Waals surface area contributed by atoms with Gasteiger partial charge in [0.25, 0.3) is 0 Å². The van der Waals surface area contributed by atoms with Gasteiger partial charge in [0, 0.05) is 5.22 Å². The number of fused-ring (bicyclic) bond motifs is 2. The van der Waals surface area contributed by atoms with E-state index >= 15 is 0 Å². The van der Waals surface area contributed by atoms with Crippen molar-refractivity contribution < 1.29 is 4.74 Å². The largest absolute Gasteiger partial charge is 0.497 e. The van der Waals surface area contributed by atoms with Crippen LogP contribution in [0.2, 0.25) is 0 Å². The summed E-state index contributed by atoms with van der Waals surface area (Å²) in [5.41, 5.74) is 2.75. The van der Waals surface area contributed by atoms with Crippen molar-refractivity contribution in [1.29, 1.82) is 0 Å². The maximum Gasteiger partial charge on any atom is 0.118 e. The normalized spacial score (nSPS) is 23.2. The quantitative estimate of drug-likeness (QED) is 0.905. The minimum Gasteiger partial charge on any atom is -0.497 e. The molecular weight excluding hydrogens is 260 g/mol. The van der Waals surface area contributed by atoms with Gasteiger partial charge in [0.05, 0.1) is 24.6 Å². The van der Waals surface area contributed by atoms with E-state index < -0.39 is 0 Å². The van der Waals surface area contributed by atoms with Gasteiger partial charge < -0.3 is 10.1 Å². The molecule has 2 aromatic carbocycles. The summed E-state index contributed by atoms with van der Waals surface area (Å²) in [5, 5.41) is 6.10. The van der Waals surface area contributed by atoms with E-state index in [0.717, 1.165) is 24.1 Å². The maximum atomic E-state index is 5.24. The lowest BCUT2D eigenvalue weighted by Gasteiger charge is -2.31. The predicted molar refractivity (Wildman–Crippen MR) is 82.8 cm³/mol. The molecule has 2 aliphatic rings. The zero-order valence-electron chi connectivity index (χ0n) is 12.0. The summed E-state index contributed by atoms with van der Waals surface area (Å²) < 4.78 is 5.24. The van der Waals surface area contributed by atoms with Gasteiger partial charge in [-0.05, 0) is 42.3 Å². The van der Waals surface area contributed by atoms with E-state index in [-0.39, 0.29) is 12.1 Å². The van der Waals surface area contributed by atoms with Crippen molar-refractivity contribution >= 4 is 5.57 Å². The van der Waals surface area contributed by atoms with Crippen LogP contribution in [0.25, 0.3) is 5.57 Å². The molecule has 2 heterocycles. The smallest absolute Gasteiger partial charge is 0.118 e. The van der Waals surface area contributed by atoms with Crippen LogP contribution >= 0.6 is 0 Å². The summed E-state index contributed by atoms with van der Waals surface area (Å²) in [5.74, 6) is 0.894. The Morgan fingerprint density at radius 2 is 1.90 bits per heavy atom. The van der Waals surface area contributed by atoms with Crippen LogP contribution in [0.4, 0.5) is 0 Å². The van der Waals surface area contributed by atoms with Crippen LogP contribution in [0.5, 0.6) is 5.75 Å². The molecule has 4 rings (SSSR count). The number of rotatable bonds is 2. The summed E-state index contributed by atoms with van der Waals surface area (Å²) in [6, 6.07) is 17.3. The van der Waals surface area contributed by atoms with Crippen molar-refractivity contribution in [2.45, 2.75) is 18.5 Å². The standard InChI is InChI=1S/C18H18N2O/c1-21-13-8-6-12(7-9-13)17-18-15(10-11-19-17)14-4-2-3-5-16(14)20-18/h2-9,17-19H,10-11H2,1H3/t17-,18+/m0/s1. The van der Waals surface area contributed by atoms with Gasteiger partial charge in [-0.2, -0.15) is 0 Å². The molecule has 3 nitrogen and oxygen atoms in total. The molecule has 0 saturated carbocycles. The minimum atomic E-state index is 0.226. The van der Waals surface area contributed by atoms with E-state index in [0.29, 0.717) is 0 Å². The molecule has 0 aromatic heterocycles. The number of piperidine rings is 1. The zero-order chi connectivity index (χ0) is 14.2. The van der Waals surface area contributed by atoms with Crippen molar-refractivity contribution in [1.82, 2.24) is 5.32 Å². The van der Waals surface area contributed by atoms with E-state index in [2.05, 4.69) is 41.7 Å². The minimum absolute atomic E-state index is 0.226. The Balaban J connectivity index is 1.76. The van der Waals surface area contributed by atoms with Gasteiger partial charge in [-0.1, -0.05) is 30.3 Å². The molecule has 0 aliphatic carbocycles. The second kappa shape index (κ2) is 5.01. The predicted octanol–water partition coefficient (Wildman–Crippen LogP) is 1.58. The number of nitrogens with zero attached hydrogens (tertiary/aromatic N) is 1. The number of para-hydroxylation sites is 1. The number of nitrogens with one attached hydrogen (secondary N) is 1. The average molecular weight is 278 g/mol. The maximum absolute atomic E-state index is 5.24. The van der Waals surface area contributed by atoms with Crippen molar-refractivity contribution in [2.75, 3.05) is 13.7 Å². The van der Waals surface area contributed by atoms with E-state index in [1.54, 1.807) is 7.11 Å². The topological polar surface area (TPSA) is 33.6 Å². The summed E-state index contributed by atoms with van der Waals surface area (Å²) in [6.07, 6.45) is 1.08. The highest BCUT2D eigenvalue weighted by atomic mass is 16.5. The van der Waals surface area contributed by atoms with Gasteiger partial charge in [-0.3, -0.25) is 4.99 Å². The number of methoxy groups -OCH3 is 1. The van der Waals surface area contributed by atoms with Crippen LogP contribution in [0.1, 0.15) is 18.0 Å². The molecule has 0 unspecified atom stereocenters. The van der Waals surface area contributed by atoms with Crippen LogP contribution in [0.15, 0.2) is 53.5 Å². The number of hydrogen-bond acceptors (Lipinski definition) is 3. The third kappa shape index (κ3) is 2.05. The van der Waals surface area contributed by atoms with Crippen molar-refractivity contribution in [2.24, 2.45) is 4.99 Å². The van der Waals surface area contributed by atoms with Gasteiger partial charge >= 0.3 is 0 Å². The highest BCUT2D eigenvalue weighted by molar-refractivity contribution is 5.57. The molecule has 2 aromatic rings. The molecule has 1 saturated heterocycles. The van der Waals surface area contributed by atoms with Crippen LogP contribution in [0.3, 0.4) is 0 Å². The van der Waals surface area contributed by atoms with Gasteiger partial charge in [0.15, 0.2) is 0 Å². The Hall–Kier alpha value is -2.13. The zero-order valence-corrected chi connectivity index (χ0v) is 12.0. The Morgan fingerprint density at radius 1 is 1.10 bits per heavy atom. The van der Waals surface area contributed by atoms with E-state index in [4.69, 9.17) is 9.73 Å². The van der Waals surface area contributed by atoms with Gasteiger partial charge in [-0.25, -0.2) is 0 Å². The first-order valence-electron chi connectivity index (χ1n) is 7.40. The second-order valence-electron chi connectivity index (χ2n) is 5.57. The molecule has 0 bridgehead atoms. The summed E-state index contributed by atoms with van der Waals surface area (Å²) in [6.45, 7) is 1.01. The van der Waals surface area contributed by atoms with Crippen molar-refractivity contribution in [3.8, 4) is 5.75 Å². The Labute approximate surface area is 124 Å². The second-order valence-corrected chi connectivity index (χ2v) is 5.57. The van der Waals surface area contributed by atoms with Crippen LogP contribution < -0.4 is 20.6 Å². The first-order valence-corrected chi connectivity index (χ1v) is 7.40. The Kier molecular flexibility index (Phi) is 3.00. The molecule has 21 heavy (non-hydrogen) atoms. The summed E-state index contributed by atoms with van der Waals surface area (Å²) in [4.78, 5) is 4.94. The molecule has 0 spiro atoms. The lowest BCUT2D eigenvalue weighted by atomic mass is 9.88. The van der Waals surface area contributed by atoms with Gasteiger partial charge in [0.1, 0.15) is 5.75 Å². The van der Waals surface area contributed by atoms with Crippen molar-refractivity contribution in [3.63, 3.8) is 0 Å². The molecular formula is C18H18N2O. The average Bonchev–Trinajstić information content (AvgIpc) is 2.94. The number of hydrogen-bond donors (Lipinski definition) is 1. The van der Waals surface area contributed by atoms with Crippen LogP contribution in [-0.4, -0.2) is 19.7 Å². The number of benzene rings is 2. The third-order valence-corrected chi connectivity index (χ3v) is 4.43. The highest BCUT2D eigenvalue weighted by Gasteiger charge is 2.32. The molecule has 1 N–H and O–H groups in total. The first kappa shape index (κ1) is 12.6. The van der Waals surface area contributed by atoms with Crippen LogP contribution in [0, 0.1) is 0 Å². The van der Waals surface area contributed by atoms with E-state index in [1.165, 1.54) is 16.4 Å². The molecule has 1 fully saturated rings. The van der Waals surface area contributed by atoms with E-state index in [1.807, 2.05) is 12.1 Å². The SMILES string of the molecule is COc1ccc([C@@H]2NCCC3=c4ccccc4=N[C@H]32)cc1. The number of ether oxygens (including phenoxy) is 1. The monoisotopic (exact) mass is 278 g/mol. The van der Waals surface area contributed by atoms with Crippen LogP contribution in [-0.2, 0) is 0 Å². The fourth-order valence-electron chi connectivity index (χ4n) is 3.39. The summed E-state index contributed by atoms with van der Waals surface area (Å²) in [7, 11) is 1.70. The molecule has 2 aliphatic heterocycles. The molecule has 2 atom stereocenters. The lowest BCUT2D eigenvalue weighted by Crippen LogP contribution is -2.38. The van der Waals surface area contributed by atoms with Gasteiger partial charge in [0.2, 0.25) is 0 Å². The van der Waals surface area contributed by atoms with Crippen molar-refractivity contribution in [3.05, 3.63) is 64.7 Å². The summed E-state index contributed by atoms with van der Waals surface area (Å²) >= 11 is 0. The van der Waals surface area contributed by atoms with E-state index in [9.17, 15) is 0 Å². The highest BCUT2D eigenvalue weighted by Crippen LogP contribution is 2.31. The molecule has 0 radical (unpaired) electrons. The molecule has 0 amide bonds.